The summed E-state index contributed by atoms with van der Waals surface area (Å²) in [5, 5.41) is 19.8. The Morgan fingerprint density at radius 2 is 2.32 bits per heavy atom. The number of anilines is 1. The van der Waals surface area contributed by atoms with Crippen molar-refractivity contribution < 1.29 is 9.90 Å². The molecule has 0 fully saturated rings. The highest BCUT2D eigenvalue weighted by Gasteiger charge is 2.12. The summed E-state index contributed by atoms with van der Waals surface area (Å²) in [4.78, 5) is 14.8. The fraction of sp³-hybridized carbons (Fsp3) is 0.333. The van der Waals surface area contributed by atoms with Crippen LogP contribution in [-0.2, 0) is 7.05 Å². The number of carboxylic acid groups (broad SMARTS) is 1. The second-order valence-corrected chi connectivity index (χ2v) is 4.30. The van der Waals surface area contributed by atoms with Crippen molar-refractivity contribution in [1.82, 2.24) is 19.7 Å². The molecule has 0 saturated heterocycles. The van der Waals surface area contributed by atoms with E-state index in [0.717, 1.165) is 5.82 Å². The van der Waals surface area contributed by atoms with E-state index in [-0.39, 0.29) is 11.6 Å². The maximum Gasteiger partial charge on any atom is 0.354 e. The number of aryl methyl sites for hydroxylation is 1. The average Bonchev–Trinajstić information content (AvgIpc) is 2.82. The number of nitrogens with one attached hydrogen (secondary N) is 1. The Kier molecular flexibility index (Phi) is 3.74. The van der Waals surface area contributed by atoms with E-state index in [0.29, 0.717) is 12.4 Å². The van der Waals surface area contributed by atoms with Crippen molar-refractivity contribution in [3.63, 3.8) is 0 Å². The molecule has 1 unspecified atom stereocenters. The lowest BCUT2D eigenvalue weighted by Crippen LogP contribution is -2.15. The van der Waals surface area contributed by atoms with E-state index in [1.807, 2.05) is 18.5 Å². The highest BCUT2D eigenvalue weighted by Crippen LogP contribution is 2.12. The van der Waals surface area contributed by atoms with Gasteiger partial charge in [-0.2, -0.15) is 0 Å². The normalized spacial score (nSPS) is 12.1. The van der Waals surface area contributed by atoms with Crippen LogP contribution in [0.1, 0.15) is 29.2 Å². The number of rotatable bonds is 5. The van der Waals surface area contributed by atoms with Crippen LogP contribution in [0.3, 0.4) is 0 Å². The van der Waals surface area contributed by atoms with Gasteiger partial charge in [-0.1, -0.05) is 13.0 Å². The van der Waals surface area contributed by atoms with Crippen molar-refractivity contribution >= 4 is 11.8 Å². The quantitative estimate of drug-likeness (QED) is 0.838. The molecule has 0 aliphatic carbocycles. The van der Waals surface area contributed by atoms with Gasteiger partial charge in [0.25, 0.3) is 0 Å². The Morgan fingerprint density at radius 3 is 2.95 bits per heavy atom. The van der Waals surface area contributed by atoms with Crippen LogP contribution in [0.4, 0.5) is 5.82 Å². The van der Waals surface area contributed by atoms with Gasteiger partial charge in [0.15, 0.2) is 5.69 Å². The van der Waals surface area contributed by atoms with Gasteiger partial charge < -0.3 is 15.0 Å². The summed E-state index contributed by atoms with van der Waals surface area (Å²) in [6, 6.07) is 4.85. The number of hydrogen-bond donors (Lipinski definition) is 2. The van der Waals surface area contributed by atoms with Crippen molar-refractivity contribution in [2.75, 3.05) is 11.9 Å². The molecule has 2 aromatic rings. The molecule has 7 heteroatoms. The van der Waals surface area contributed by atoms with Gasteiger partial charge in [0.05, 0.1) is 0 Å². The fourth-order valence-electron chi connectivity index (χ4n) is 1.74. The van der Waals surface area contributed by atoms with Crippen LogP contribution in [0.5, 0.6) is 0 Å². The van der Waals surface area contributed by atoms with E-state index in [2.05, 4.69) is 20.5 Å². The van der Waals surface area contributed by atoms with E-state index in [4.69, 9.17) is 5.11 Å². The van der Waals surface area contributed by atoms with E-state index in [1.54, 1.807) is 18.5 Å². The number of pyridine rings is 1. The molecule has 0 saturated carbocycles. The third kappa shape index (κ3) is 3.06. The Bertz CT molecular complexity index is 581. The maximum atomic E-state index is 10.8. The molecule has 0 aliphatic rings. The third-order valence-corrected chi connectivity index (χ3v) is 2.74. The van der Waals surface area contributed by atoms with Gasteiger partial charge in [-0.25, -0.2) is 9.78 Å². The zero-order chi connectivity index (χ0) is 13.8. The number of carboxylic acids is 1. The first-order valence-electron chi connectivity index (χ1n) is 5.86. The van der Waals surface area contributed by atoms with Crippen LogP contribution >= 0.6 is 0 Å². The summed E-state index contributed by atoms with van der Waals surface area (Å²) < 4.78 is 1.85. The first-order valence-corrected chi connectivity index (χ1v) is 5.86. The van der Waals surface area contributed by atoms with Crippen LogP contribution in [-0.4, -0.2) is 37.4 Å². The topological polar surface area (TPSA) is 92.9 Å². The largest absolute Gasteiger partial charge is 0.477 e. The molecule has 1 atom stereocenters. The highest BCUT2D eigenvalue weighted by atomic mass is 16.4. The number of aromatic nitrogens is 4. The minimum atomic E-state index is -1.04. The van der Waals surface area contributed by atoms with Gasteiger partial charge in [-0.15, -0.1) is 10.2 Å². The standard InChI is InChI=1S/C12H15N5O2/c1-8(11-16-14-7-17(11)2)6-13-10-5-3-4-9(15-10)12(18)19/h3-5,7-8H,6H2,1-2H3,(H,13,15)(H,18,19). The lowest BCUT2D eigenvalue weighted by Gasteiger charge is -2.12. The van der Waals surface area contributed by atoms with Crippen molar-refractivity contribution in [1.29, 1.82) is 0 Å². The second-order valence-electron chi connectivity index (χ2n) is 4.30. The van der Waals surface area contributed by atoms with Gasteiger partial charge in [-0.05, 0) is 12.1 Å². The van der Waals surface area contributed by atoms with Crippen LogP contribution < -0.4 is 5.32 Å². The van der Waals surface area contributed by atoms with Crippen molar-refractivity contribution in [3.05, 3.63) is 36.0 Å². The molecule has 2 heterocycles. The zero-order valence-electron chi connectivity index (χ0n) is 10.7. The number of aromatic carboxylic acids is 1. The molecular weight excluding hydrogens is 246 g/mol. The summed E-state index contributed by atoms with van der Waals surface area (Å²) in [7, 11) is 1.88. The minimum absolute atomic E-state index is 0.0244. The number of carbonyl (C=O) groups is 1. The molecule has 2 aromatic heterocycles. The van der Waals surface area contributed by atoms with Gasteiger partial charge in [0.1, 0.15) is 18.0 Å². The zero-order valence-corrected chi connectivity index (χ0v) is 10.7. The lowest BCUT2D eigenvalue weighted by atomic mass is 10.1. The molecule has 0 radical (unpaired) electrons. The van der Waals surface area contributed by atoms with E-state index in [9.17, 15) is 4.79 Å². The predicted molar refractivity (Wildman–Crippen MR) is 69.1 cm³/mol. The summed E-state index contributed by atoms with van der Waals surface area (Å²) in [5.74, 6) is 0.503. The molecule has 2 rings (SSSR count). The van der Waals surface area contributed by atoms with Gasteiger partial charge in [0, 0.05) is 19.5 Å². The number of hydrogen-bond acceptors (Lipinski definition) is 5. The van der Waals surface area contributed by atoms with Crippen molar-refractivity contribution in [2.45, 2.75) is 12.8 Å². The Labute approximate surface area is 110 Å². The molecule has 0 aromatic carbocycles. The van der Waals surface area contributed by atoms with Gasteiger partial charge >= 0.3 is 5.97 Å². The van der Waals surface area contributed by atoms with Crippen LogP contribution in [0.2, 0.25) is 0 Å². The molecule has 0 bridgehead atoms. The SMILES string of the molecule is CC(CNc1cccc(C(=O)O)n1)c1nncn1C. The van der Waals surface area contributed by atoms with Crippen molar-refractivity contribution in [3.8, 4) is 0 Å². The lowest BCUT2D eigenvalue weighted by molar-refractivity contribution is 0.0690. The Morgan fingerprint density at radius 1 is 1.53 bits per heavy atom. The van der Waals surface area contributed by atoms with Crippen LogP contribution in [0.25, 0.3) is 0 Å². The smallest absolute Gasteiger partial charge is 0.354 e. The average molecular weight is 261 g/mol. The molecule has 0 spiro atoms. The highest BCUT2D eigenvalue weighted by molar-refractivity contribution is 5.85. The Balaban J connectivity index is 2.01. The molecule has 7 nitrogen and oxygen atoms in total. The van der Waals surface area contributed by atoms with E-state index >= 15 is 0 Å². The summed E-state index contributed by atoms with van der Waals surface area (Å²) in [6.07, 6.45) is 1.65. The van der Waals surface area contributed by atoms with E-state index in [1.165, 1.54) is 6.07 Å². The molecular formula is C12H15N5O2. The minimum Gasteiger partial charge on any atom is -0.477 e. The molecule has 0 amide bonds. The summed E-state index contributed by atoms with van der Waals surface area (Å²) in [6.45, 7) is 2.61. The molecule has 100 valence electrons. The summed E-state index contributed by atoms with van der Waals surface area (Å²) in [5.41, 5.74) is 0.0244. The first-order chi connectivity index (χ1) is 9.08. The number of nitrogens with zero attached hydrogens (tertiary/aromatic N) is 4. The van der Waals surface area contributed by atoms with Crippen LogP contribution in [0, 0.1) is 0 Å². The van der Waals surface area contributed by atoms with Gasteiger partial charge in [-0.3, -0.25) is 0 Å². The third-order valence-electron chi connectivity index (χ3n) is 2.74. The summed E-state index contributed by atoms with van der Waals surface area (Å²) >= 11 is 0. The predicted octanol–water partition coefficient (Wildman–Crippen LogP) is 1.12. The Hall–Kier alpha value is -2.44. The van der Waals surface area contributed by atoms with Crippen LogP contribution in [0.15, 0.2) is 24.5 Å². The van der Waals surface area contributed by atoms with E-state index < -0.39 is 5.97 Å². The molecule has 2 N–H and O–H groups in total. The first kappa shape index (κ1) is 13.0. The monoisotopic (exact) mass is 261 g/mol. The maximum absolute atomic E-state index is 10.8. The molecule has 0 aliphatic heterocycles. The fourth-order valence-corrected chi connectivity index (χ4v) is 1.74. The molecule has 19 heavy (non-hydrogen) atoms. The second kappa shape index (κ2) is 5.47. The van der Waals surface area contributed by atoms with Crippen molar-refractivity contribution in [2.24, 2.45) is 7.05 Å². The van der Waals surface area contributed by atoms with Gasteiger partial charge in [0.2, 0.25) is 0 Å².